The molecule has 2 atom stereocenters. The molecular formula is C10H21FN2. The van der Waals surface area contributed by atoms with Gasteiger partial charge >= 0.3 is 0 Å². The van der Waals surface area contributed by atoms with Crippen molar-refractivity contribution in [2.45, 2.75) is 44.9 Å². The van der Waals surface area contributed by atoms with Gasteiger partial charge < -0.3 is 10.2 Å². The van der Waals surface area contributed by atoms with Gasteiger partial charge in [-0.05, 0) is 40.8 Å². The van der Waals surface area contributed by atoms with Gasteiger partial charge in [0, 0.05) is 18.1 Å². The van der Waals surface area contributed by atoms with Gasteiger partial charge in [-0.1, -0.05) is 0 Å². The normalized spacial score (nSPS) is 32.1. The molecule has 0 spiro atoms. The summed E-state index contributed by atoms with van der Waals surface area (Å²) in [6, 6.07) is 0.0381. The predicted molar refractivity (Wildman–Crippen MR) is 53.7 cm³/mol. The van der Waals surface area contributed by atoms with Crippen LogP contribution in [-0.2, 0) is 0 Å². The molecule has 1 aliphatic heterocycles. The van der Waals surface area contributed by atoms with Gasteiger partial charge in [0.15, 0.2) is 0 Å². The lowest BCUT2D eigenvalue weighted by molar-refractivity contribution is 0.108. The van der Waals surface area contributed by atoms with Crippen molar-refractivity contribution < 1.29 is 4.39 Å². The Bertz CT molecular complexity index is 165. The molecular weight excluding hydrogens is 167 g/mol. The van der Waals surface area contributed by atoms with Gasteiger partial charge in [-0.3, -0.25) is 0 Å². The summed E-state index contributed by atoms with van der Waals surface area (Å²) in [7, 11) is 1.97. The molecule has 78 valence electrons. The van der Waals surface area contributed by atoms with E-state index in [1.165, 1.54) is 0 Å². The van der Waals surface area contributed by atoms with Crippen molar-refractivity contribution in [1.29, 1.82) is 0 Å². The highest BCUT2D eigenvalue weighted by molar-refractivity contribution is 4.88. The van der Waals surface area contributed by atoms with Gasteiger partial charge in [0.25, 0.3) is 0 Å². The average molecular weight is 188 g/mol. The largest absolute Gasteiger partial charge is 0.306 e. The molecule has 1 fully saturated rings. The standard InChI is InChI=1S/C10H21FN2/c1-10(2,3)12-9-5-6-13(4)7-8(9)11/h8-9,12H,5-7H2,1-4H3/t8-,9+/m1/s1. The Balaban J connectivity index is 2.43. The molecule has 0 unspecified atom stereocenters. The molecule has 0 saturated carbocycles. The van der Waals surface area contributed by atoms with Crippen LogP contribution in [0.15, 0.2) is 0 Å². The van der Waals surface area contributed by atoms with Gasteiger partial charge in [-0.15, -0.1) is 0 Å². The summed E-state index contributed by atoms with van der Waals surface area (Å²) in [5.74, 6) is 0. The van der Waals surface area contributed by atoms with Crippen molar-refractivity contribution in [3.05, 3.63) is 0 Å². The Morgan fingerprint density at radius 3 is 2.46 bits per heavy atom. The van der Waals surface area contributed by atoms with Crippen LogP contribution in [0.3, 0.4) is 0 Å². The van der Waals surface area contributed by atoms with E-state index in [1.54, 1.807) is 0 Å². The van der Waals surface area contributed by atoms with Crippen LogP contribution in [0.1, 0.15) is 27.2 Å². The Labute approximate surface area is 80.5 Å². The lowest BCUT2D eigenvalue weighted by Gasteiger charge is -2.37. The maximum Gasteiger partial charge on any atom is 0.128 e. The molecule has 0 aliphatic carbocycles. The van der Waals surface area contributed by atoms with E-state index in [1.807, 2.05) is 11.9 Å². The second-order valence-corrected chi connectivity index (χ2v) is 5.07. The van der Waals surface area contributed by atoms with Crippen LogP contribution in [0.2, 0.25) is 0 Å². The molecule has 0 aromatic heterocycles. The SMILES string of the molecule is CN1CC[C@H](NC(C)(C)C)[C@H](F)C1. The van der Waals surface area contributed by atoms with E-state index < -0.39 is 6.17 Å². The summed E-state index contributed by atoms with van der Waals surface area (Å²) in [5, 5.41) is 3.33. The third-order valence-corrected chi connectivity index (χ3v) is 2.36. The Kier molecular flexibility index (Phi) is 3.30. The van der Waals surface area contributed by atoms with Crippen molar-refractivity contribution in [3.8, 4) is 0 Å². The molecule has 0 radical (unpaired) electrons. The second-order valence-electron chi connectivity index (χ2n) is 5.07. The fourth-order valence-corrected chi connectivity index (χ4v) is 1.78. The van der Waals surface area contributed by atoms with Crippen molar-refractivity contribution in [2.75, 3.05) is 20.1 Å². The third kappa shape index (κ3) is 3.61. The van der Waals surface area contributed by atoms with E-state index in [-0.39, 0.29) is 11.6 Å². The molecule has 1 N–H and O–H groups in total. The first kappa shape index (κ1) is 10.9. The molecule has 0 aromatic carbocycles. The van der Waals surface area contributed by atoms with Gasteiger partial charge in [0.05, 0.1) is 0 Å². The molecule has 0 bridgehead atoms. The lowest BCUT2D eigenvalue weighted by Crippen LogP contribution is -2.54. The van der Waals surface area contributed by atoms with Crippen LogP contribution >= 0.6 is 0 Å². The van der Waals surface area contributed by atoms with Crippen LogP contribution in [0.25, 0.3) is 0 Å². The van der Waals surface area contributed by atoms with Crippen molar-refractivity contribution in [3.63, 3.8) is 0 Å². The molecule has 1 rings (SSSR count). The Morgan fingerprint density at radius 2 is 2.00 bits per heavy atom. The number of alkyl halides is 1. The third-order valence-electron chi connectivity index (χ3n) is 2.36. The van der Waals surface area contributed by atoms with E-state index in [0.29, 0.717) is 6.54 Å². The summed E-state index contributed by atoms with van der Waals surface area (Å²) >= 11 is 0. The lowest BCUT2D eigenvalue weighted by atomic mass is 9.99. The molecule has 3 heteroatoms. The minimum absolute atomic E-state index is 0.0188. The average Bonchev–Trinajstić information content (AvgIpc) is 1.93. The van der Waals surface area contributed by atoms with E-state index in [2.05, 4.69) is 26.1 Å². The van der Waals surface area contributed by atoms with E-state index >= 15 is 0 Å². The monoisotopic (exact) mass is 188 g/mol. The van der Waals surface area contributed by atoms with Crippen LogP contribution in [-0.4, -0.2) is 42.8 Å². The number of nitrogens with zero attached hydrogens (tertiary/aromatic N) is 1. The Morgan fingerprint density at radius 1 is 1.38 bits per heavy atom. The molecule has 1 saturated heterocycles. The van der Waals surface area contributed by atoms with Gasteiger partial charge in [0.1, 0.15) is 6.17 Å². The van der Waals surface area contributed by atoms with E-state index in [9.17, 15) is 4.39 Å². The number of hydrogen-bond donors (Lipinski definition) is 1. The zero-order valence-electron chi connectivity index (χ0n) is 9.10. The fourth-order valence-electron chi connectivity index (χ4n) is 1.78. The first-order valence-corrected chi connectivity index (χ1v) is 4.99. The summed E-state index contributed by atoms with van der Waals surface area (Å²) < 4.78 is 13.5. The second kappa shape index (κ2) is 3.93. The highest BCUT2D eigenvalue weighted by Crippen LogP contribution is 2.15. The maximum absolute atomic E-state index is 13.5. The molecule has 0 aromatic rings. The summed E-state index contributed by atoms with van der Waals surface area (Å²) in [6.07, 6.45) is 0.188. The number of rotatable bonds is 1. The highest BCUT2D eigenvalue weighted by Gasteiger charge is 2.29. The smallest absolute Gasteiger partial charge is 0.128 e. The van der Waals surface area contributed by atoms with Crippen LogP contribution < -0.4 is 5.32 Å². The highest BCUT2D eigenvalue weighted by atomic mass is 19.1. The number of hydrogen-bond acceptors (Lipinski definition) is 2. The molecule has 2 nitrogen and oxygen atoms in total. The van der Waals surface area contributed by atoms with Crippen LogP contribution in [0.5, 0.6) is 0 Å². The Hall–Kier alpha value is -0.150. The minimum Gasteiger partial charge on any atom is -0.306 e. The van der Waals surface area contributed by atoms with Crippen molar-refractivity contribution in [2.24, 2.45) is 0 Å². The molecule has 13 heavy (non-hydrogen) atoms. The number of halogens is 1. The van der Waals surface area contributed by atoms with E-state index in [0.717, 1.165) is 13.0 Å². The summed E-state index contributed by atoms with van der Waals surface area (Å²) in [4.78, 5) is 2.05. The maximum atomic E-state index is 13.5. The summed E-state index contributed by atoms with van der Waals surface area (Å²) in [5.41, 5.74) is 0.0188. The molecule has 1 heterocycles. The molecule has 1 aliphatic rings. The zero-order valence-corrected chi connectivity index (χ0v) is 9.10. The first-order chi connectivity index (χ1) is 5.88. The van der Waals surface area contributed by atoms with Crippen molar-refractivity contribution in [1.82, 2.24) is 10.2 Å². The minimum atomic E-state index is -0.724. The summed E-state index contributed by atoms with van der Waals surface area (Å²) in [6.45, 7) is 7.80. The quantitative estimate of drug-likeness (QED) is 0.669. The van der Waals surface area contributed by atoms with Gasteiger partial charge in [-0.25, -0.2) is 4.39 Å². The van der Waals surface area contributed by atoms with Crippen LogP contribution in [0, 0.1) is 0 Å². The molecule has 0 amide bonds. The van der Waals surface area contributed by atoms with Crippen LogP contribution in [0.4, 0.5) is 4.39 Å². The number of piperidine rings is 1. The zero-order chi connectivity index (χ0) is 10.1. The van der Waals surface area contributed by atoms with E-state index in [4.69, 9.17) is 0 Å². The van der Waals surface area contributed by atoms with Gasteiger partial charge in [0.2, 0.25) is 0 Å². The predicted octanol–water partition coefficient (Wildman–Crippen LogP) is 1.42. The topological polar surface area (TPSA) is 15.3 Å². The van der Waals surface area contributed by atoms with Gasteiger partial charge in [-0.2, -0.15) is 0 Å². The number of nitrogens with one attached hydrogen (secondary N) is 1. The number of likely N-dealkylation sites (tertiary alicyclic amines) is 1. The van der Waals surface area contributed by atoms with Crippen molar-refractivity contribution >= 4 is 0 Å². The fraction of sp³-hybridized carbons (Fsp3) is 1.00. The first-order valence-electron chi connectivity index (χ1n) is 4.99.